The van der Waals surface area contributed by atoms with Gasteiger partial charge in [-0.2, -0.15) is 0 Å². The molecule has 88 valence electrons. The molecule has 18 heavy (non-hydrogen) atoms. The Morgan fingerprint density at radius 1 is 1.22 bits per heavy atom. The van der Waals surface area contributed by atoms with Gasteiger partial charge in [0.25, 0.3) is 0 Å². The van der Waals surface area contributed by atoms with Gasteiger partial charge in [-0.3, -0.25) is 0 Å². The first-order valence-corrected chi connectivity index (χ1v) is 5.05. The molecule has 3 rings (SSSR count). The highest BCUT2D eigenvalue weighted by atomic mass is 16.4. The summed E-state index contributed by atoms with van der Waals surface area (Å²) >= 11 is 0. The summed E-state index contributed by atoms with van der Waals surface area (Å²) in [6.45, 7) is 0. The number of aromatic nitrogens is 4. The Balaban J connectivity index is 2.50. The number of hydrogen-bond donors (Lipinski definition) is 2. The van der Waals surface area contributed by atoms with Crippen molar-refractivity contribution >= 4 is 33.6 Å². The number of pyridine rings is 2. The number of anilines is 1. The topological polar surface area (TPSA) is 115 Å². The molecule has 0 fully saturated rings. The minimum absolute atomic E-state index is 0.0563. The quantitative estimate of drug-likeness (QED) is 0.607. The van der Waals surface area contributed by atoms with Crippen molar-refractivity contribution in [2.45, 2.75) is 0 Å². The van der Waals surface area contributed by atoms with E-state index in [2.05, 4.69) is 19.9 Å². The van der Waals surface area contributed by atoms with Gasteiger partial charge in [0.1, 0.15) is 17.5 Å². The normalized spacial score (nSPS) is 10.9. The average Bonchev–Trinajstić information content (AvgIpc) is 2.38. The summed E-state index contributed by atoms with van der Waals surface area (Å²) in [5, 5.41) is 10.2. The first-order chi connectivity index (χ1) is 8.66. The highest BCUT2D eigenvalue weighted by Gasteiger charge is 2.11. The van der Waals surface area contributed by atoms with E-state index in [1.165, 1.54) is 18.6 Å². The Kier molecular flexibility index (Phi) is 2.06. The summed E-state index contributed by atoms with van der Waals surface area (Å²) in [5.41, 5.74) is 6.73. The van der Waals surface area contributed by atoms with Crippen LogP contribution in [0, 0.1) is 0 Å². The lowest BCUT2D eigenvalue weighted by molar-refractivity contribution is 0.0691. The van der Waals surface area contributed by atoms with Crippen LogP contribution in [-0.2, 0) is 0 Å². The molecule has 0 spiro atoms. The van der Waals surface area contributed by atoms with Crippen molar-refractivity contribution in [1.82, 2.24) is 19.9 Å². The number of rotatable bonds is 1. The minimum atomic E-state index is -1.10. The molecule has 0 radical (unpaired) electrons. The van der Waals surface area contributed by atoms with Crippen molar-refractivity contribution in [1.29, 1.82) is 0 Å². The lowest BCUT2D eigenvalue weighted by Gasteiger charge is -2.05. The summed E-state index contributed by atoms with van der Waals surface area (Å²) in [6.07, 6.45) is 4.32. The molecule has 0 bridgehead atoms. The second kappa shape index (κ2) is 3.59. The van der Waals surface area contributed by atoms with Crippen molar-refractivity contribution in [3.8, 4) is 0 Å². The molecule has 3 aromatic heterocycles. The molecule has 0 aliphatic heterocycles. The summed E-state index contributed by atoms with van der Waals surface area (Å²) in [6, 6.07) is 1.44. The molecule has 7 heteroatoms. The van der Waals surface area contributed by atoms with Crippen LogP contribution >= 0.6 is 0 Å². The molecule has 0 atom stereocenters. The van der Waals surface area contributed by atoms with Crippen LogP contribution in [0.4, 0.5) is 5.82 Å². The van der Waals surface area contributed by atoms with Gasteiger partial charge in [0.05, 0.1) is 11.7 Å². The first kappa shape index (κ1) is 10.3. The molecule has 0 saturated carbocycles. The zero-order valence-electron chi connectivity index (χ0n) is 9.03. The number of nitrogen functional groups attached to an aromatic ring is 1. The van der Waals surface area contributed by atoms with E-state index in [-0.39, 0.29) is 11.5 Å². The van der Waals surface area contributed by atoms with Crippen LogP contribution in [-0.4, -0.2) is 31.0 Å². The Bertz CT molecular complexity index is 787. The number of carboxylic acid groups (broad SMARTS) is 1. The van der Waals surface area contributed by atoms with E-state index >= 15 is 0 Å². The largest absolute Gasteiger partial charge is 0.477 e. The van der Waals surface area contributed by atoms with Crippen molar-refractivity contribution in [2.75, 3.05) is 5.73 Å². The van der Waals surface area contributed by atoms with Crippen molar-refractivity contribution in [2.24, 2.45) is 0 Å². The number of nitrogens with two attached hydrogens (primary N) is 1. The predicted octanol–water partition coefficient (Wildman–Crippen LogP) is 0.853. The molecule has 7 nitrogen and oxygen atoms in total. The van der Waals surface area contributed by atoms with Crippen LogP contribution in [0.5, 0.6) is 0 Å². The van der Waals surface area contributed by atoms with E-state index in [9.17, 15) is 4.79 Å². The third-order valence-corrected chi connectivity index (χ3v) is 2.59. The van der Waals surface area contributed by atoms with Gasteiger partial charge in [0.15, 0.2) is 5.82 Å². The molecule has 0 saturated heterocycles. The molecule has 3 heterocycles. The van der Waals surface area contributed by atoms with Crippen LogP contribution in [0.25, 0.3) is 21.8 Å². The standard InChI is InChI=1S/C11H7N5O2/c12-10-9-6(2-13-4-15-9)5-1-7(11(17)18)14-3-8(5)16-10/h1-4H,(H2,12,16)(H,17,18). The Morgan fingerprint density at radius 3 is 2.83 bits per heavy atom. The minimum Gasteiger partial charge on any atom is -0.477 e. The van der Waals surface area contributed by atoms with Crippen LogP contribution in [0.3, 0.4) is 0 Å². The van der Waals surface area contributed by atoms with E-state index in [4.69, 9.17) is 10.8 Å². The molecule has 0 aliphatic rings. The van der Waals surface area contributed by atoms with Crippen LogP contribution in [0.2, 0.25) is 0 Å². The van der Waals surface area contributed by atoms with Crippen molar-refractivity contribution in [3.63, 3.8) is 0 Å². The van der Waals surface area contributed by atoms with E-state index in [1.54, 1.807) is 6.20 Å². The number of nitrogens with zero attached hydrogens (tertiary/aromatic N) is 4. The Morgan fingerprint density at radius 2 is 2.06 bits per heavy atom. The summed E-state index contributed by atoms with van der Waals surface area (Å²) in [5.74, 6) is -0.830. The van der Waals surface area contributed by atoms with Crippen LogP contribution in [0.15, 0.2) is 24.8 Å². The molecular formula is C11H7N5O2. The third-order valence-electron chi connectivity index (χ3n) is 2.59. The van der Waals surface area contributed by atoms with E-state index in [0.717, 1.165) is 0 Å². The van der Waals surface area contributed by atoms with Gasteiger partial charge in [-0.15, -0.1) is 0 Å². The maximum atomic E-state index is 10.9. The fourth-order valence-corrected chi connectivity index (χ4v) is 1.78. The number of carboxylic acids is 1. The van der Waals surface area contributed by atoms with Gasteiger partial charge in [0.2, 0.25) is 0 Å². The van der Waals surface area contributed by atoms with Gasteiger partial charge in [-0.1, -0.05) is 0 Å². The van der Waals surface area contributed by atoms with E-state index in [1.807, 2.05) is 0 Å². The van der Waals surface area contributed by atoms with Crippen molar-refractivity contribution in [3.05, 3.63) is 30.5 Å². The highest BCUT2D eigenvalue weighted by Crippen LogP contribution is 2.25. The SMILES string of the molecule is Nc1nc2cnc(C(=O)O)cc2c2cncnc12. The lowest BCUT2D eigenvalue weighted by Crippen LogP contribution is -2.01. The van der Waals surface area contributed by atoms with E-state index < -0.39 is 5.97 Å². The predicted molar refractivity (Wildman–Crippen MR) is 64.0 cm³/mol. The Labute approximate surface area is 100 Å². The fraction of sp³-hybridized carbons (Fsp3) is 0. The van der Waals surface area contributed by atoms with Crippen molar-refractivity contribution < 1.29 is 9.90 Å². The first-order valence-electron chi connectivity index (χ1n) is 5.05. The van der Waals surface area contributed by atoms with Crippen LogP contribution in [0.1, 0.15) is 10.5 Å². The summed E-state index contributed by atoms with van der Waals surface area (Å²) in [4.78, 5) is 26.8. The molecule has 3 N–H and O–H groups in total. The number of hydrogen-bond acceptors (Lipinski definition) is 6. The number of carbonyl (C=O) groups is 1. The van der Waals surface area contributed by atoms with Gasteiger partial charge >= 0.3 is 5.97 Å². The number of fused-ring (bicyclic) bond motifs is 3. The third kappa shape index (κ3) is 1.41. The second-order valence-electron chi connectivity index (χ2n) is 3.67. The summed E-state index contributed by atoms with van der Waals surface area (Å²) < 4.78 is 0. The second-order valence-corrected chi connectivity index (χ2v) is 3.67. The smallest absolute Gasteiger partial charge is 0.354 e. The zero-order valence-corrected chi connectivity index (χ0v) is 9.03. The maximum Gasteiger partial charge on any atom is 0.354 e. The molecule has 0 amide bonds. The highest BCUT2D eigenvalue weighted by molar-refractivity contribution is 6.08. The molecule has 0 aliphatic carbocycles. The van der Waals surface area contributed by atoms with Gasteiger partial charge in [0, 0.05) is 17.0 Å². The molecule has 3 aromatic rings. The number of aromatic carboxylic acids is 1. The molecule has 0 unspecified atom stereocenters. The molecule has 0 aromatic carbocycles. The fourth-order valence-electron chi connectivity index (χ4n) is 1.78. The molecular weight excluding hydrogens is 234 g/mol. The summed E-state index contributed by atoms with van der Waals surface area (Å²) in [7, 11) is 0. The lowest BCUT2D eigenvalue weighted by atomic mass is 10.1. The average molecular weight is 241 g/mol. The van der Waals surface area contributed by atoms with Gasteiger partial charge in [-0.05, 0) is 6.07 Å². The zero-order chi connectivity index (χ0) is 12.7. The Hall–Kier alpha value is -2.83. The maximum absolute atomic E-state index is 10.9. The van der Waals surface area contributed by atoms with Gasteiger partial charge in [-0.25, -0.2) is 24.7 Å². The van der Waals surface area contributed by atoms with Crippen LogP contribution < -0.4 is 5.73 Å². The van der Waals surface area contributed by atoms with E-state index in [0.29, 0.717) is 21.8 Å². The van der Waals surface area contributed by atoms with Gasteiger partial charge < -0.3 is 10.8 Å². The monoisotopic (exact) mass is 241 g/mol.